The quantitative estimate of drug-likeness (QED) is 0.670. The molecular formula is C12H16BrNO3. The summed E-state index contributed by atoms with van der Waals surface area (Å²) in [5, 5.41) is 3.15. The lowest BCUT2D eigenvalue weighted by atomic mass is 10.2. The van der Waals surface area contributed by atoms with Crippen molar-refractivity contribution in [3.05, 3.63) is 23.8 Å². The zero-order valence-corrected chi connectivity index (χ0v) is 11.7. The fourth-order valence-corrected chi connectivity index (χ4v) is 1.76. The maximum absolute atomic E-state index is 11.2. The van der Waals surface area contributed by atoms with Crippen LogP contribution in [0.5, 0.6) is 5.75 Å². The number of alkyl halides is 1. The summed E-state index contributed by atoms with van der Waals surface area (Å²) in [6.07, 6.45) is 0. The maximum Gasteiger partial charge on any atom is 0.321 e. The molecule has 1 unspecified atom stereocenters. The van der Waals surface area contributed by atoms with Crippen LogP contribution in [0.4, 0.5) is 5.69 Å². The summed E-state index contributed by atoms with van der Waals surface area (Å²) >= 11 is 3.25. The van der Waals surface area contributed by atoms with E-state index in [2.05, 4.69) is 26.0 Å². The molecule has 0 radical (unpaired) electrons. The van der Waals surface area contributed by atoms with Gasteiger partial charge in [-0.1, -0.05) is 15.9 Å². The molecule has 1 rings (SSSR count). The first-order chi connectivity index (χ1) is 8.08. The molecule has 1 aromatic carbocycles. The average molecular weight is 302 g/mol. The molecule has 0 amide bonds. The van der Waals surface area contributed by atoms with Crippen molar-refractivity contribution in [2.45, 2.75) is 11.8 Å². The molecule has 94 valence electrons. The molecule has 0 bridgehead atoms. The van der Waals surface area contributed by atoms with Gasteiger partial charge in [0.1, 0.15) is 10.6 Å². The number of methoxy groups -OCH3 is 2. The lowest BCUT2D eigenvalue weighted by Crippen LogP contribution is -2.24. The highest BCUT2D eigenvalue weighted by molar-refractivity contribution is 9.10. The van der Waals surface area contributed by atoms with Gasteiger partial charge in [0.25, 0.3) is 0 Å². The lowest BCUT2D eigenvalue weighted by molar-refractivity contribution is -0.139. The molecular weight excluding hydrogens is 286 g/mol. The van der Waals surface area contributed by atoms with Crippen LogP contribution in [-0.4, -0.2) is 31.6 Å². The minimum absolute atomic E-state index is 0.289. The Labute approximate surface area is 109 Å². The summed E-state index contributed by atoms with van der Waals surface area (Å²) in [5.74, 6) is 0.557. The number of halogens is 1. The molecule has 0 aliphatic rings. The summed E-state index contributed by atoms with van der Waals surface area (Å²) in [5.41, 5.74) is 1.98. The Morgan fingerprint density at radius 1 is 1.47 bits per heavy atom. The van der Waals surface area contributed by atoms with Gasteiger partial charge in [-0.3, -0.25) is 4.79 Å². The van der Waals surface area contributed by atoms with Gasteiger partial charge in [-0.05, 0) is 30.7 Å². The SMILES string of the molecule is COC(=O)C(Br)CNc1ccc(OC)c(C)c1. The molecule has 0 saturated carbocycles. The van der Waals surface area contributed by atoms with Crippen molar-refractivity contribution < 1.29 is 14.3 Å². The van der Waals surface area contributed by atoms with Gasteiger partial charge in [-0.2, -0.15) is 0 Å². The molecule has 4 nitrogen and oxygen atoms in total. The molecule has 0 aliphatic carbocycles. The van der Waals surface area contributed by atoms with Gasteiger partial charge in [-0.15, -0.1) is 0 Å². The predicted molar refractivity (Wildman–Crippen MR) is 71.0 cm³/mol. The van der Waals surface area contributed by atoms with Crippen molar-refractivity contribution >= 4 is 27.6 Å². The van der Waals surface area contributed by atoms with Crippen LogP contribution in [0, 0.1) is 6.92 Å². The van der Waals surface area contributed by atoms with E-state index in [0.29, 0.717) is 6.54 Å². The number of aryl methyl sites for hydroxylation is 1. The number of esters is 1. The molecule has 1 atom stereocenters. The molecule has 5 heteroatoms. The summed E-state index contributed by atoms with van der Waals surface area (Å²) in [4.78, 5) is 10.8. The third-order valence-electron chi connectivity index (χ3n) is 2.34. The van der Waals surface area contributed by atoms with E-state index >= 15 is 0 Å². The number of ether oxygens (including phenoxy) is 2. The molecule has 0 aromatic heterocycles. The second-order valence-electron chi connectivity index (χ2n) is 3.56. The summed E-state index contributed by atoms with van der Waals surface area (Å²) < 4.78 is 9.78. The van der Waals surface area contributed by atoms with Gasteiger partial charge in [0.2, 0.25) is 0 Å². The van der Waals surface area contributed by atoms with Crippen molar-refractivity contribution in [2.75, 3.05) is 26.1 Å². The number of carbonyl (C=O) groups is 1. The second kappa shape index (κ2) is 6.49. The molecule has 0 heterocycles. The van der Waals surface area contributed by atoms with E-state index in [4.69, 9.17) is 4.74 Å². The van der Waals surface area contributed by atoms with E-state index < -0.39 is 0 Å². The van der Waals surface area contributed by atoms with E-state index in [9.17, 15) is 4.79 Å². The minimum Gasteiger partial charge on any atom is -0.496 e. The number of carbonyl (C=O) groups excluding carboxylic acids is 1. The lowest BCUT2D eigenvalue weighted by Gasteiger charge is -2.12. The van der Waals surface area contributed by atoms with Gasteiger partial charge in [-0.25, -0.2) is 0 Å². The van der Waals surface area contributed by atoms with Crippen LogP contribution in [0.15, 0.2) is 18.2 Å². The van der Waals surface area contributed by atoms with Crippen molar-refractivity contribution in [2.24, 2.45) is 0 Å². The largest absolute Gasteiger partial charge is 0.496 e. The van der Waals surface area contributed by atoms with Crippen LogP contribution < -0.4 is 10.1 Å². The van der Waals surface area contributed by atoms with Crippen LogP contribution in [0.25, 0.3) is 0 Å². The Balaban J connectivity index is 2.58. The van der Waals surface area contributed by atoms with E-state index in [0.717, 1.165) is 17.0 Å². The number of anilines is 1. The van der Waals surface area contributed by atoms with Crippen LogP contribution in [0.2, 0.25) is 0 Å². The maximum atomic E-state index is 11.2. The topological polar surface area (TPSA) is 47.6 Å². The number of rotatable bonds is 5. The highest BCUT2D eigenvalue weighted by Crippen LogP contribution is 2.21. The average Bonchev–Trinajstić information content (AvgIpc) is 2.35. The molecule has 0 aliphatic heterocycles. The van der Waals surface area contributed by atoms with Crippen LogP contribution in [-0.2, 0) is 9.53 Å². The van der Waals surface area contributed by atoms with E-state index in [1.807, 2.05) is 25.1 Å². The molecule has 1 N–H and O–H groups in total. The molecule has 1 aromatic rings. The van der Waals surface area contributed by atoms with Gasteiger partial charge in [0, 0.05) is 12.2 Å². The molecule has 0 saturated heterocycles. The molecule has 0 spiro atoms. The standard InChI is InChI=1S/C12H16BrNO3/c1-8-6-9(4-5-11(8)16-2)14-7-10(13)12(15)17-3/h4-6,10,14H,7H2,1-3H3. The minimum atomic E-state index is -0.352. The van der Waals surface area contributed by atoms with Crippen LogP contribution >= 0.6 is 15.9 Å². The Bertz CT molecular complexity index is 395. The molecule has 0 fully saturated rings. The number of hydrogen-bond donors (Lipinski definition) is 1. The van der Waals surface area contributed by atoms with Crippen molar-refractivity contribution in [3.8, 4) is 5.75 Å². The predicted octanol–water partition coefficient (Wildman–Crippen LogP) is 2.35. The van der Waals surface area contributed by atoms with Crippen molar-refractivity contribution in [3.63, 3.8) is 0 Å². The number of benzene rings is 1. The van der Waals surface area contributed by atoms with E-state index in [-0.39, 0.29) is 10.8 Å². The summed E-state index contributed by atoms with van der Waals surface area (Å²) in [6.45, 7) is 2.44. The van der Waals surface area contributed by atoms with Gasteiger partial charge < -0.3 is 14.8 Å². The fourth-order valence-electron chi connectivity index (χ4n) is 1.41. The van der Waals surface area contributed by atoms with E-state index in [1.165, 1.54) is 7.11 Å². The Hall–Kier alpha value is -1.23. The fraction of sp³-hybridized carbons (Fsp3) is 0.417. The summed E-state index contributed by atoms with van der Waals surface area (Å²) in [7, 11) is 3.01. The van der Waals surface area contributed by atoms with Crippen molar-refractivity contribution in [1.82, 2.24) is 0 Å². The Kier molecular flexibility index (Phi) is 5.28. The highest BCUT2D eigenvalue weighted by Gasteiger charge is 2.14. The monoisotopic (exact) mass is 301 g/mol. The third-order valence-corrected chi connectivity index (χ3v) is 3.03. The zero-order chi connectivity index (χ0) is 12.8. The first-order valence-electron chi connectivity index (χ1n) is 5.19. The first-order valence-corrected chi connectivity index (χ1v) is 6.10. The van der Waals surface area contributed by atoms with Crippen molar-refractivity contribution in [1.29, 1.82) is 0 Å². The zero-order valence-electron chi connectivity index (χ0n) is 10.1. The smallest absolute Gasteiger partial charge is 0.321 e. The third kappa shape index (κ3) is 3.93. The molecule has 17 heavy (non-hydrogen) atoms. The van der Waals surface area contributed by atoms with Gasteiger partial charge in [0.05, 0.1) is 14.2 Å². The highest BCUT2D eigenvalue weighted by atomic mass is 79.9. The second-order valence-corrected chi connectivity index (χ2v) is 4.66. The first kappa shape index (κ1) is 13.8. The number of nitrogens with one attached hydrogen (secondary N) is 1. The van der Waals surface area contributed by atoms with Gasteiger partial charge >= 0.3 is 5.97 Å². The Morgan fingerprint density at radius 2 is 2.18 bits per heavy atom. The van der Waals surface area contributed by atoms with Gasteiger partial charge in [0.15, 0.2) is 0 Å². The Morgan fingerprint density at radius 3 is 2.71 bits per heavy atom. The normalized spacial score (nSPS) is 11.8. The summed E-state index contributed by atoms with van der Waals surface area (Å²) in [6, 6.07) is 5.76. The number of hydrogen-bond acceptors (Lipinski definition) is 4. The van der Waals surface area contributed by atoms with Crippen LogP contribution in [0.3, 0.4) is 0 Å². The van der Waals surface area contributed by atoms with E-state index in [1.54, 1.807) is 7.11 Å². The van der Waals surface area contributed by atoms with Crippen LogP contribution in [0.1, 0.15) is 5.56 Å².